The number of fused-ring (bicyclic) bond motifs is 1. The lowest BCUT2D eigenvalue weighted by molar-refractivity contribution is 0.100. The van der Waals surface area contributed by atoms with Gasteiger partial charge in [-0.05, 0) is 24.3 Å². The third-order valence-electron chi connectivity index (χ3n) is 5.47. The Hall–Kier alpha value is -4.88. The average molecular weight is 514 g/mol. The Labute approximate surface area is 220 Å². The maximum Gasteiger partial charge on any atom is 0.267 e. The Bertz CT molecular complexity index is 1560. The quantitative estimate of drug-likeness (QED) is 0.255. The Morgan fingerprint density at radius 2 is 1.95 bits per heavy atom. The highest BCUT2D eigenvalue weighted by Gasteiger charge is 2.18. The fourth-order valence-electron chi connectivity index (χ4n) is 3.82. The number of ether oxygens (including phenoxy) is 1. The van der Waals surface area contributed by atoms with Gasteiger partial charge in [-0.15, -0.1) is 6.58 Å². The molecule has 1 amide bonds. The largest absolute Gasteiger partial charge is 0.381 e. The van der Waals surface area contributed by atoms with Crippen molar-refractivity contribution in [1.82, 2.24) is 19.3 Å². The maximum atomic E-state index is 13.2. The third kappa shape index (κ3) is 6.08. The van der Waals surface area contributed by atoms with E-state index in [1.54, 1.807) is 24.8 Å². The van der Waals surface area contributed by atoms with Crippen LogP contribution in [-0.4, -0.2) is 45.5 Å². The molecule has 4 rings (SSSR count). The van der Waals surface area contributed by atoms with E-state index in [2.05, 4.69) is 33.8 Å². The Morgan fingerprint density at radius 3 is 2.58 bits per heavy atom. The molecule has 0 spiro atoms. The molecule has 0 aliphatic carbocycles. The van der Waals surface area contributed by atoms with Crippen molar-refractivity contribution >= 4 is 28.4 Å². The first kappa shape index (κ1) is 27.7. The first-order valence-corrected chi connectivity index (χ1v) is 11.9. The second kappa shape index (κ2) is 12.9. The van der Waals surface area contributed by atoms with Crippen molar-refractivity contribution in [1.29, 1.82) is 0 Å². The van der Waals surface area contributed by atoms with Crippen molar-refractivity contribution in [3.63, 3.8) is 0 Å². The predicted molar refractivity (Wildman–Crippen MR) is 150 cm³/mol. The predicted octanol–water partition coefficient (Wildman–Crippen LogP) is 2.65. The van der Waals surface area contributed by atoms with Crippen molar-refractivity contribution in [2.75, 3.05) is 31.3 Å². The van der Waals surface area contributed by atoms with E-state index in [1.165, 1.54) is 4.68 Å². The summed E-state index contributed by atoms with van der Waals surface area (Å²) in [5.74, 6) is 6.71. The third-order valence-corrected chi connectivity index (χ3v) is 5.47. The van der Waals surface area contributed by atoms with E-state index in [-0.39, 0.29) is 16.9 Å². The number of nitrogen functional groups attached to an aromatic ring is 1. The molecular weight excluding hydrogens is 482 g/mol. The van der Waals surface area contributed by atoms with Gasteiger partial charge < -0.3 is 21.5 Å². The van der Waals surface area contributed by atoms with Crippen LogP contribution < -0.4 is 22.3 Å². The number of primary amides is 1. The van der Waals surface area contributed by atoms with Crippen LogP contribution in [0.15, 0.2) is 66.0 Å². The molecule has 0 aliphatic rings. The summed E-state index contributed by atoms with van der Waals surface area (Å²) in [6.45, 7) is 6.38. The standard InChI is InChI=1S/C20H18N2O2.C8H13N5O/c1-3-18-21-17-13-7-9-15(10-8-14-24-2)19(17)20(23)22(18)16-11-5-4-6-12-16;1-3-4-11-8-5(7(10)14)6(9)12-13(8)2/h4-7,9,11-13H,3,14H2,1-2H3;3,11H,1,4H2,2H3,(H2,9,12)(H2,10,14). The van der Waals surface area contributed by atoms with Gasteiger partial charge >= 0.3 is 0 Å². The number of nitrogens with two attached hydrogens (primary N) is 2. The number of rotatable bonds is 7. The summed E-state index contributed by atoms with van der Waals surface area (Å²) in [6, 6.07) is 15.1. The molecule has 0 bridgehead atoms. The smallest absolute Gasteiger partial charge is 0.267 e. The molecule has 0 fully saturated rings. The van der Waals surface area contributed by atoms with E-state index in [1.807, 2.05) is 55.5 Å². The van der Waals surface area contributed by atoms with Crippen LogP contribution in [0.25, 0.3) is 16.6 Å². The highest BCUT2D eigenvalue weighted by atomic mass is 16.5. The lowest BCUT2D eigenvalue weighted by Gasteiger charge is -2.13. The fraction of sp³-hybridized carbons (Fsp3) is 0.214. The number of carbonyl (C=O) groups is 1. The molecule has 0 saturated carbocycles. The number of hydrogen-bond acceptors (Lipinski definition) is 7. The number of aryl methyl sites for hydroxylation is 2. The zero-order chi connectivity index (χ0) is 27.7. The van der Waals surface area contributed by atoms with Gasteiger partial charge in [0.05, 0.1) is 16.6 Å². The number of amides is 1. The highest BCUT2D eigenvalue weighted by Crippen LogP contribution is 2.20. The van der Waals surface area contributed by atoms with Gasteiger partial charge in [0.1, 0.15) is 23.8 Å². The van der Waals surface area contributed by atoms with Gasteiger partial charge in [0.25, 0.3) is 11.5 Å². The first-order valence-electron chi connectivity index (χ1n) is 11.9. The van der Waals surface area contributed by atoms with Gasteiger partial charge in [-0.3, -0.25) is 18.8 Å². The molecule has 2 aromatic heterocycles. The summed E-state index contributed by atoms with van der Waals surface area (Å²) >= 11 is 0. The number of hydrogen-bond donors (Lipinski definition) is 3. The Morgan fingerprint density at radius 1 is 1.21 bits per heavy atom. The molecule has 196 valence electrons. The van der Waals surface area contributed by atoms with Crippen LogP contribution in [0, 0.1) is 11.8 Å². The monoisotopic (exact) mass is 513 g/mol. The summed E-state index contributed by atoms with van der Waals surface area (Å²) < 4.78 is 8.10. The molecule has 0 aliphatic heterocycles. The van der Waals surface area contributed by atoms with Gasteiger partial charge in [0.2, 0.25) is 0 Å². The summed E-state index contributed by atoms with van der Waals surface area (Å²) in [5.41, 5.74) is 13.0. The molecule has 2 aromatic carbocycles. The molecule has 2 heterocycles. The van der Waals surface area contributed by atoms with Crippen molar-refractivity contribution < 1.29 is 9.53 Å². The molecule has 5 N–H and O–H groups in total. The van der Waals surface area contributed by atoms with E-state index in [4.69, 9.17) is 16.2 Å². The summed E-state index contributed by atoms with van der Waals surface area (Å²) in [4.78, 5) is 28.9. The van der Waals surface area contributed by atoms with Crippen LogP contribution in [0.3, 0.4) is 0 Å². The minimum absolute atomic E-state index is 0.0923. The highest BCUT2D eigenvalue weighted by molar-refractivity contribution is 6.02. The molecule has 0 saturated heterocycles. The number of nitrogens with zero attached hydrogens (tertiary/aromatic N) is 4. The van der Waals surface area contributed by atoms with Crippen LogP contribution in [0.5, 0.6) is 0 Å². The zero-order valence-electron chi connectivity index (χ0n) is 21.7. The van der Waals surface area contributed by atoms with Gasteiger partial charge in [-0.2, -0.15) is 5.10 Å². The van der Waals surface area contributed by atoms with Crippen LogP contribution in [0.1, 0.15) is 28.7 Å². The van der Waals surface area contributed by atoms with E-state index < -0.39 is 5.91 Å². The normalized spacial score (nSPS) is 10.2. The molecular formula is C28H31N7O3. The average Bonchev–Trinajstić information content (AvgIpc) is 3.20. The van der Waals surface area contributed by atoms with Crippen molar-refractivity contribution in [3.05, 3.63) is 88.5 Å². The van der Waals surface area contributed by atoms with Crippen molar-refractivity contribution in [2.45, 2.75) is 13.3 Å². The van der Waals surface area contributed by atoms with Gasteiger partial charge in [0, 0.05) is 32.7 Å². The van der Waals surface area contributed by atoms with E-state index in [0.717, 1.165) is 11.5 Å². The SMILES string of the molecule is C=CCNc1c(C(N)=O)c(N)nn1C.CCc1nc2cccc(C#CCOC)c2c(=O)n1-c1ccccc1. The molecule has 0 radical (unpaired) electrons. The number of benzene rings is 2. The van der Waals surface area contributed by atoms with Crippen LogP contribution in [-0.2, 0) is 18.2 Å². The second-order valence-corrected chi connectivity index (χ2v) is 8.06. The van der Waals surface area contributed by atoms with Gasteiger partial charge in [-0.25, -0.2) is 4.98 Å². The number of aromatic nitrogens is 4. The summed E-state index contributed by atoms with van der Waals surface area (Å²) in [6.07, 6.45) is 2.33. The van der Waals surface area contributed by atoms with E-state index in [9.17, 15) is 9.59 Å². The summed E-state index contributed by atoms with van der Waals surface area (Å²) in [5, 5.41) is 7.36. The molecule has 4 aromatic rings. The molecule has 38 heavy (non-hydrogen) atoms. The van der Waals surface area contributed by atoms with Gasteiger partial charge in [-0.1, -0.05) is 49.1 Å². The van der Waals surface area contributed by atoms with Crippen LogP contribution in [0.2, 0.25) is 0 Å². The number of anilines is 2. The van der Waals surface area contributed by atoms with E-state index in [0.29, 0.717) is 41.9 Å². The lowest BCUT2D eigenvalue weighted by Crippen LogP contribution is -2.24. The molecule has 10 heteroatoms. The molecule has 0 unspecified atom stereocenters. The van der Waals surface area contributed by atoms with Crippen LogP contribution in [0.4, 0.5) is 11.6 Å². The number of methoxy groups -OCH3 is 1. The van der Waals surface area contributed by atoms with Crippen LogP contribution >= 0.6 is 0 Å². The van der Waals surface area contributed by atoms with Crippen molar-refractivity contribution in [2.24, 2.45) is 12.8 Å². The second-order valence-electron chi connectivity index (χ2n) is 8.06. The lowest BCUT2D eigenvalue weighted by atomic mass is 10.1. The topological polar surface area (TPSA) is 143 Å². The Kier molecular flexibility index (Phi) is 9.40. The minimum atomic E-state index is -0.595. The number of para-hydroxylation sites is 1. The summed E-state index contributed by atoms with van der Waals surface area (Å²) in [7, 11) is 3.27. The van der Waals surface area contributed by atoms with E-state index >= 15 is 0 Å². The van der Waals surface area contributed by atoms with Gasteiger partial charge in [0.15, 0.2) is 5.82 Å². The Balaban J connectivity index is 0.000000244. The maximum absolute atomic E-state index is 13.2. The zero-order valence-corrected chi connectivity index (χ0v) is 21.7. The number of carbonyl (C=O) groups excluding carboxylic acids is 1. The van der Waals surface area contributed by atoms with Crippen molar-refractivity contribution in [3.8, 4) is 17.5 Å². The fourth-order valence-corrected chi connectivity index (χ4v) is 3.82. The molecule has 10 nitrogen and oxygen atoms in total. The first-order chi connectivity index (χ1) is 18.3. The minimum Gasteiger partial charge on any atom is -0.381 e. The molecule has 0 atom stereocenters. The number of nitrogens with one attached hydrogen (secondary N) is 1.